The van der Waals surface area contributed by atoms with Gasteiger partial charge < -0.3 is 5.32 Å². The quantitative estimate of drug-likeness (QED) is 0.625. The molecule has 2 aliphatic rings. The molecule has 3 heteroatoms. The third kappa shape index (κ3) is 1.97. The molecule has 0 bridgehead atoms. The maximum atomic E-state index is 11.0. The van der Waals surface area contributed by atoms with Crippen molar-refractivity contribution in [2.75, 3.05) is 19.4 Å². The SMILES string of the molecule is CC1(C)C=C2Nc3cc(C=O)ccc3[N+](C)(C)C2CC1. The van der Waals surface area contributed by atoms with Gasteiger partial charge in [0.1, 0.15) is 18.0 Å². The highest BCUT2D eigenvalue weighted by Gasteiger charge is 2.43. The van der Waals surface area contributed by atoms with Gasteiger partial charge >= 0.3 is 0 Å². The normalized spacial score (nSPS) is 25.8. The zero-order valence-corrected chi connectivity index (χ0v) is 12.7. The molecule has 0 saturated heterocycles. The van der Waals surface area contributed by atoms with Gasteiger partial charge in [0.05, 0.1) is 19.8 Å². The molecule has 106 valence electrons. The second-order valence-corrected chi connectivity index (χ2v) is 7.20. The van der Waals surface area contributed by atoms with E-state index < -0.39 is 0 Å². The highest BCUT2D eigenvalue weighted by molar-refractivity contribution is 5.83. The summed E-state index contributed by atoms with van der Waals surface area (Å²) in [6, 6.07) is 6.44. The third-order valence-corrected chi connectivity index (χ3v) is 4.80. The Labute approximate surface area is 120 Å². The van der Waals surface area contributed by atoms with E-state index in [-0.39, 0.29) is 5.41 Å². The number of allylic oxidation sites excluding steroid dienone is 1. The predicted molar refractivity (Wildman–Crippen MR) is 84.0 cm³/mol. The molecule has 1 unspecified atom stereocenters. The number of likely N-dealkylation sites (N-methyl/N-ethyl adjacent to an activating group) is 1. The van der Waals surface area contributed by atoms with Crippen LogP contribution in [0.1, 0.15) is 37.0 Å². The maximum Gasteiger partial charge on any atom is 0.156 e. The number of quaternary nitrogens is 1. The van der Waals surface area contributed by atoms with E-state index in [1.54, 1.807) is 0 Å². The number of anilines is 1. The second-order valence-electron chi connectivity index (χ2n) is 7.20. The standard InChI is InChI=1S/C17H23N2O/c1-17(2)8-7-16-14(10-17)18-13-9-12(11-20)5-6-15(13)19(16,3)4/h5-6,9-11,16,18H,7-8H2,1-4H3/q+1. The Kier molecular flexibility index (Phi) is 2.80. The van der Waals surface area contributed by atoms with Crippen LogP contribution in [0.2, 0.25) is 0 Å². The number of hydrogen-bond donors (Lipinski definition) is 1. The summed E-state index contributed by atoms with van der Waals surface area (Å²) in [5.74, 6) is 0. The number of nitrogens with zero attached hydrogens (tertiary/aromatic N) is 1. The number of aldehydes is 1. The lowest BCUT2D eigenvalue weighted by Gasteiger charge is -2.47. The number of fused-ring (bicyclic) bond motifs is 2. The first-order valence-electron chi connectivity index (χ1n) is 7.27. The lowest BCUT2D eigenvalue weighted by Crippen LogP contribution is -2.56. The van der Waals surface area contributed by atoms with Gasteiger partial charge in [-0.3, -0.25) is 9.28 Å². The molecule has 0 radical (unpaired) electrons. The Balaban J connectivity index is 2.13. The van der Waals surface area contributed by atoms with E-state index in [1.807, 2.05) is 12.1 Å². The largest absolute Gasteiger partial charge is 0.349 e. The summed E-state index contributed by atoms with van der Waals surface area (Å²) in [5, 5.41) is 3.57. The van der Waals surface area contributed by atoms with Crippen LogP contribution in [0.4, 0.5) is 11.4 Å². The van der Waals surface area contributed by atoms with Gasteiger partial charge in [0.25, 0.3) is 0 Å². The van der Waals surface area contributed by atoms with Gasteiger partial charge in [-0.05, 0) is 24.0 Å². The van der Waals surface area contributed by atoms with E-state index in [2.05, 4.69) is 45.4 Å². The molecule has 1 aromatic rings. The maximum absolute atomic E-state index is 11.0. The summed E-state index contributed by atoms with van der Waals surface area (Å²) >= 11 is 0. The lowest BCUT2D eigenvalue weighted by molar-refractivity contribution is 0.112. The summed E-state index contributed by atoms with van der Waals surface area (Å²) in [6.45, 7) is 4.57. The summed E-state index contributed by atoms with van der Waals surface area (Å²) in [5.41, 5.74) is 4.61. The molecule has 1 atom stereocenters. The molecule has 0 fully saturated rings. The summed E-state index contributed by atoms with van der Waals surface area (Å²) in [7, 11) is 4.52. The minimum Gasteiger partial charge on any atom is -0.349 e. The first kappa shape index (κ1) is 13.4. The van der Waals surface area contributed by atoms with Crippen molar-refractivity contribution in [1.29, 1.82) is 0 Å². The topological polar surface area (TPSA) is 29.1 Å². The molecule has 1 heterocycles. The average Bonchev–Trinajstić information content (AvgIpc) is 2.36. The zero-order valence-electron chi connectivity index (χ0n) is 12.7. The molecule has 20 heavy (non-hydrogen) atoms. The minimum atomic E-state index is 0.249. The fourth-order valence-corrected chi connectivity index (χ4v) is 3.60. The molecule has 3 nitrogen and oxygen atoms in total. The second kappa shape index (κ2) is 4.19. The molecule has 1 aromatic carbocycles. The number of carbonyl (C=O) groups is 1. The molecule has 1 aliphatic heterocycles. The fourth-order valence-electron chi connectivity index (χ4n) is 3.60. The van der Waals surface area contributed by atoms with E-state index >= 15 is 0 Å². The van der Waals surface area contributed by atoms with Gasteiger partial charge in [-0.2, -0.15) is 0 Å². The van der Waals surface area contributed by atoms with E-state index in [0.29, 0.717) is 6.04 Å². The van der Waals surface area contributed by atoms with Crippen LogP contribution in [0.15, 0.2) is 30.0 Å². The number of nitrogens with one attached hydrogen (secondary N) is 1. The summed E-state index contributed by atoms with van der Waals surface area (Å²) in [6.07, 6.45) is 5.69. The first-order valence-corrected chi connectivity index (χ1v) is 7.27. The van der Waals surface area contributed by atoms with Crippen molar-refractivity contribution < 1.29 is 4.79 Å². The van der Waals surface area contributed by atoms with Crippen molar-refractivity contribution in [2.24, 2.45) is 5.41 Å². The molecule has 0 saturated carbocycles. The molecule has 0 aromatic heterocycles. The predicted octanol–water partition coefficient (Wildman–Crippen LogP) is 3.56. The number of carbonyl (C=O) groups excluding carboxylic acids is 1. The third-order valence-electron chi connectivity index (χ3n) is 4.80. The molecule has 0 amide bonds. The first-order chi connectivity index (χ1) is 9.33. The van der Waals surface area contributed by atoms with Crippen LogP contribution in [0.3, 0.4) is 0 Å². The smallest absolute Gasteiger partial charge is 0.156 e. The van der Waals surface area contributed by atoms with Crippen molar-refractivity contribution in [3.05, 3.63) is 35.5 Å². The van der Waals surface area contributed by atoms with Crippen LogP contribution < -0.4 is 9.80 Å². The van der Waals surface area contributed by atoms with Crippen molar-refractivity contribution >= 4 is 17.7 Å². The Morgan fingerprint density at radius 3 is 2.80 bits per heavy atom. The fraction of sp³-hybridized carbons (Fsp3) is 0.471. The Morgan fingerprint density at radius 2 is 2.10 bits per heavy atom. The summed E-state index contributed by atoms with van der Waals surface area (Å²) < 4.78 is 0.851. The van der Waals surface area contributed by atoms with Crippen LogP contribution in [0, 0.1) is 5.41 Å². The molecule has 1 N–H and O–H groups in total. The van der Waals surface area contributed by atoms with Crippen molar-refractivity contribution in [2.45, 2.75) is 32.7 Å². The number of hydrogen-bond acceptors (Lipinski definition) is 2. The van der Waals surface area contributed by atoms with Crippen LogP contribution in [-0.4, -0.2) is 26.4 Å². The average molecular weight is 271 g/mol. The zero-order chi connectivity index (χ0) is 14.5. The molecular weight excluding hydrogens is 248 g/mol. The number of rotatable bonds is 1. The Morgan fingerprint density at radius 1 is 1.35 bits per heavy atom. The van der Waals surface area contributed by atoms with Crippen LogP contribution in [0.5, 0.6) is 0 Å². The minimum absolute atomic E-state index is 0.249. The van der Waals surface area contributed by atoms with Gasteiger partial charge in [-0.25, -0.2) is 0 Å². The van der Waals surface area contributed by atoms with Crippen molar-refractivity contribution in [1.82, 2.24) is 4.48 Å². The van der Waals surface area contributed by atoms with E-state index in [4.69, 9.17) is 0 Å². The monoisotopic (exact) mass is 271 g/mol. The molecular formula is C17H23N2O+. The highest BCUT2D eigenvalue weighted by Crippen LogP contribution is 2.45. The van der Waals surface area contributed by atoms with Gasteiger partial charge in [0.15, 0.2) is 5.69 Å². The Hall–Kier alpha value is -1.61. The van der Waals surface area contributed by atoms with Crippen LogP contribution >= 0.6 is 0 Å². The van der Waals surface area contributed by atoms with E-state index in [1.165, 1.54) is 24.2 Å². The van der Waals surface area contributed by atoms with Crippen molar-refractivity contribution in [3.8, 4) is 0 Å². The highest BCUT2D eigenvalue weighted by atomic mass is 16.1. The molecule has 0 spiro atoms. The lowest BCUT2D eigenvalue weighted by atomic mass is 9.78. The van der Waals surface area contributed by atoms with Gasteiger partial charge in [-0.15, -0.1) is 0 Å². The van der Waals surface area contributed by atoms with Gasteiger partial charge in [-0.1, -0.05) is 19.9 Å². The van der Waals surface area contributed by atoms with E-state index in [0.717, 1.165) is 22.0 Å². The van der Waals surface area contributed by atoms with E-state index in [9.17, 15) is 4.79 Å². The van der Waals surface area contributed by atoms with Gasteiger partial charge in [0.2, 0.25) is 0 Å². The molecule has 3 rings (SSSR count). The van der Waals surface area contributed by atoms with Gasteiger partial charge in [0, 0.05) is 18.1 Å². The molecule has 1 aliphatic carbocycles. The Bertz CT molecular complexity index is 599. The number of benzene rings is 1. The van der Waals surface area contributed by atoms with Crippen LogP contribution in [-0.2, 0) is 0 Å². The summed E-state index contributed by atoms with van der Waals surface area (Å²) in [4.78, 5) is 11.0. The van der Waals surface area contributed by atoms with Crippen LogP contribution in [0.25, 0.3) is 0 Å². The van der Waals surface area contributed by atoms with Crippen molar-refractivity contribution in [3.63, 3.8) is 0 Å².